The van der Waals surface area contributed by atoms with Gasteiger partial charge in [-0.25, -0.2) is 0 Å². The van der Waals surface area contributed by atoms with Crippen molar-refractivity contribution in [3.05, 3.63) is 70.3 Å². The first-order valence-electron chi connectivity index (χ1n) is 6.99. The van der Waals surface area contributed by atoms with Gasteiger partial charge in [-0.2, -0.15) is 0 Å². The number of nitro groups is 1. The number of amides is 1. The molecule has 0 aliphatic carbocycles. The van der Waals surface area contributed by atoms with Crippen molar-refractivity contribution >= 4 is 17.3 Å². The third-order valence-electron chi connectivity index (χ3n) is 3.71. The minimum atomic E-state index is -0.418. The molecule has 1 saturated heterocycles. The number of anilines is 1. The maximum absolute atomic E-state index is 12.4. The van der Waals surface area contributed by atoms with E-state index >= 15 is 0 Å². The third kappa shape index (κ3) is 2.76. The summed E-state index contributed by atoms with van der Waals surface area (Å²) in [5.74, 6) is 0.00464. The maximum Gasteiger partial charge on any atom is 0.269 e. The van der Waals surface area contributed by atoms with Crippen molar-refractivity contribution < 1.29 is 9.72 Å². The average molecular weight is 297 g/mol. The Labute approximate surface area is 127 Å². The van der Waals surface area contributed by atoms with E-state index < -0.39 is 4.92 Å². The number of non-ortho nitro benzene ring substituents is 1. The van der Waals surface area contributed by atoms with E-state index in [0.717, 1.165) is 12.2 Å². The van der Waals surface area contributed by atoms with Gasteiger partial charge in [0.05, 0.1) is 11.6 Å². The Morgan fingerprint density at radius 3 is 2.32 bits per heavy atom. The van der Waals surface area contributed by atoms with Gasteiger partial charge in [-0.3, -0.25) is 14.9 Å². The molecule has 0 saturated carbocycles. The summed E-state index contributed by atoms with van der Waals surface area (Å²) < 4.78 is 0. The first-order valence-corrected chi connectivity index (χ1v) is 6.99. The highest BCUT2D eigenvalue weighted by molar-refractivity contribution is 5.94. The van der Waals surface area contributed by atoms with E-state index in [9.17, 15) is 14.9 Å². The van der Waals surface area contributed by atoms with Gasteiger partial charge in [0.25, 0.3) is 11.6 Å². The fraction of sp³-hybridized carbons (Fsp3) is 0.188. The molecule has 0 atom stereocenters. The van der Waals surface area contributed by atoms with Crippen molar-refractivity contribution in [2.75, 3.05) is 24.7 Å². The number of carbonyl (C=O) groups is 1. The fourth-order valence-electron chi connectivity index (χ4n) is 2.51. The van der Waals surface area contributed by atoms with Crippen LogP contribution in [0.4, 0.5) is 11.4 Å². The molecule has 1 fully saturated rings. The van der Waals surface area contributed by atoms with Crippen LogP contribution >= 0.6 is 0 Å². The highest BCUT2D eigenvalue weighted by atomic mass is 16.6. The molecule has 1 amide bonds. The molecule has 0 spiro atoms. The number of nitrogens with zero attached hydrogens (tertiary/aromatic N) is 3. The van der Waals surface area contributed by atoms with Crippen LogP contribution in [0.1, 0.15) is 10.4 Å². The monoisotopic (exact) mass is 297 g/mol. The Morgan fingerprint density at radius 1 is 1.00 bits per heavy atom. The summed E-state index contributed by atoms with van der Waals surface area (Å²) in [6.45, 7) is 1.85. The van der Waals surface area contributed by atoms with Gasteiger partial charge in [0.15, 0.2) is 0 Å². The molecule has 1 aliphatic rings. The highest BCUT2D eigenvalue weighted by Crippen LogP contribution is 2.22. The molecule has 1 heterocycles. The molecule has 0 bridgehead atoms. The van der Waals surface area contributed by atoms with Crippen LogP contribution in [-0.4, -0.2) is 35.5 Å². The largest absolute Gasteiger partial charge is 0.352 e. The van der Waals surface area contributed by atoms with Crippen LogP contribution in [0.25, 0.3) is 0 Å². The molecule has 2 aromatic carbocycles. The van der Waals surface area contributed by atoms with Gasteiger partial charge in [-0.1, -0.05) is 18.2 Å². The van der Waals surface area contributed by atoms with Crippen molar-refractivity contribution in [1.29, 1.82) is 0 Å². The van der Waals surface area contributed by atoms with Crippen LogP contribution in [0.15, 0.2) is 54.6 Å². The molecular formula is C16H15N3O3. The van der Waals surface area contributed by atoms with Gasteiger partial charge in [-0.15, -0.1) is 0 Å². The van der Waals surface area contributed by atoms with Crippen LogP contribution in [0, 0.1) is 10.1 Å². The standard InChI is InChI=1S/C16H15N3O3/c20-16(13-4-2-1-3-5-13)18-11-10-17(12-18)14-6-8-15(9-7-14)19(21)22/h1-9H,10-12H2. The number of carbonyl (C=O) groups excluding carboxylic acids is 1. The Kier molecular flexibility index (Phi) is 3.74. The van der Waals surface area contributed by atoms with E-state index in [4.69, 9.17) is 0 Å². The molecular weight excluding hydrogens is 282 g/mol. The molecule has 2 aromatic rings. The quantitative estimate of drug-likeness (QED) is 0.645. The van der Waals surface area contributed by atoms with E-state index in [2.05, 4.69) is 0 Å². The first kappa shape index (κ1) is 14.1. The van der Waals surface area contributed by atoms with Gasteiger partial charge >= 0.3 is 0 Å². The summed E-state index contributed by atoms with van der Waals surface area (Å²) in [6.07, 6.45) is 0. The van der Waals surface area contributed by atoms with Gasteiger partial charge in [0.1, 0.15) is 0 Å². The van der Waals surface area contributed by atoms with Crippen LogP contribution in [-0.2, 0) is 0 Å². The molecule has 0 radical (unpaired) electrons. The van der Waals surface area contributed by atoms with Gasteiger partial charge in [0, 0.05) is 36.5 Å². The maximum atomic E-state index is 12.4. The summed E-state index contributed by atoms with van der Waals surface area (Å²) in [5, 5.41) is 10.7. The summed E-state index contributed by atoms with van der Waals surface area (Å²) in [7, 11) is 0. The number of hydrogen-bond acceptors (Lipinski definition) is 4. The highest BCUT2D eigenvalue weighted by Gasteiger charge is 2.25. The molecule has 0 aromatic heterocycles. The Balaban J connectivity index is 1.69. The topological polar surface area (TPSA) is 66.7 Å². The van der Waals surface area contributed by atoms with Crippen LogP contribution in [0.5, 0.6) is 0 Å². The van der Waals surface area contributed by atoms with E-state index in [1.807, 2.05) is 23.1 Å². The summed E-state index contributed by atoms with van der Waals surface area (Å²) >= 11 is 0. The van der Waals surface area contributed by atoms with E-state index in [1.54, 1.807) is 29.2 Å². The summed E-state index contributed by atoms with van der Waals surface area (Å²) in [6, 6.07) is 15.6. The van der Waals surface area contributed by atoms with Crippen molar-refractivity contribution in [2.45, 2.75) is 0 Å². The normalized spacial score (nSPS) is 14.2. The second-order valence-corrected chi connectivity index (χ2v) is 5.11. The summed E-state index contributed by atoms with van der Waals surface area (Å²) in [4.78, 5) is 26.4. The first-order chi connectivity index (χ1) is 10.6. The lowest BCUT2D eigenvalue weighted by atomic mass is 10.2. The van der Waals surface area contributed by atoms with E-state index in [1.165, 1.54) is 12.1 Å². The predicted molar refractivity (Wildman–Crippen MR) is 82.8 cm³/mol. The predicted octanol–water partition coefficient (Wildman–Crippen LogP) is 2.51. The lowest BCUT2D eigenvalue weighted by Crippen LogP contribution is -2.31. The van der Waals surface area contributed by atoms with Crippen LogP contribution in [0.3, 0.4) is 0 Å². The molecule has 3 rings (SSSR count). The minimum Gasteiger partial charge on any atom is -0.352 e. The van der Waals surface area contributed by atoms with Gasteiger partial charge in [-0.05, 0) is 24.3 Å². The van der Waals surface area contributed by atoms with E-state index in [0.29, 0.717) is 18.8 Å². The van der Waals surface area contributed by atoms with Crippen molar-refractivity contribution in [3.8, 4) is 0 Å². The molecule has 0 N–H and O–H groups in total. The second kappa shape index (κ2) is 5.85. The van der Waals surface area contributed by atoms with E-state index in [-0.39, 0.29) is 11.6 Å². The second-order valence-electron chi connectivity index (χ2n) is 5.11. The zero-order valence-corrected chi connectivity index (χ0v) is 11.9. The van der Waals surface area contributed by atoms with Crippen molar-refractivity contribution in [2.24, 2.45) is 0 Å². The number of rotatable bonds is 3. The molecule has 6 heteroatoms. The smallest absolute Gasteiger partial charge is 0.269 e. The minimum absolute atomic E-state index is 0.00464. The number of hydrogen-bond donors (Lipinski definition) is 0. The molecule has 1 aliphatic heterocycles. The molecule has 6 nitrogen and oxygen atoms in total. The van der Waals surface area contributed by atoms with Crippen molar-refractivity contribution in [3.63, 3.8) is 0 Å². The molecule has 112 valence electrons. The molecule has 22 heavy (non-hydrogen) atoms. The SMILES string of the molecule is O=C(c1ccccc1)N1CCN(c2ccc([N+](=O)[O-])cc2)C1. The number of nitro benzene ring substituents is 1. The lowest BCUT2D eigenvalue weighted by molar-refractivity contribution is -0.384. The van der Waals surface area contributed by atoms with Gasteiger partial charge in [0.2, 0.25) is 0 Å². The fourth-order valence-corrected chi connectivity index (χ4v) is 2.51. The Hall–Kier alpha value is -2.89. The number of benzene rings is 2. The van der Waals surface area contributed by atoms with Crippen molar-refractivity contribution in [1.82, 2.24) is 4.90 Å². The Morgan fingerprint density at radius 2 is 1.68 bits per heavy atom. The summed E-state index contributed by atoms with van der Waals surface area (Å²) in [5.41, 5.74) is 1.63. The third-order valence-corrected chi connectivity index (χ3v) is 3.71. The zero-order chi connectivity index (χ0) is 15.5. The van der Waals surface area contributed by atoms with Crippen LogP contribution < -0.4 is 4.90 Å². The van der Waals surface area contributed by atoms with Gasteiger partial charge < -0.3 is 9.80 Å². The Bertz CT molecular complexity index is 686. The molecule has 0 unspecified atom stereocenters. The lowest BCUT2D eigenvalue weighted by Gasteiger charge is -2.20. The van der Waals surface area contributed by atoms with Crippen LogP contribution in [0.2, 0.25) is 0 Å². The average Bonchev–Trinajstić information content (AvgIpc) is 3.05. The zero-order valence-electron chi connectivity index (χ0n) is 11.9.